The van der Waals surface area contributed by atoms with Gasteiger partial charge in [-0.3, -0.25) is 14.5 Å². The number of aryl methyl sites for hydroxylation is 1. The van der Waals surface area contributed by atoms with E-state index in [0.717, 1.165) is 39.4 Å². The Hall–Kier alpha value is -3.37. The normalized spacial score (nSPS) is 11.8. The fourth-order valence-corrected chi connectivity index (χ4v) is 5.08. The van der Waals surface area contributed by atoms with Crippen molar-refractivity contribution < 1.29 is 22.8 Å². The van der Waals surface area contributed by atoms with E-state index >= 15 is 0 Å². The molecular weight excluding hydrogens is 513 g/mol. The number of thiophene rings is 1. The van der Waals surface area contributed by atoms with Crippen LogP contribution in [0.15, 0.2) is 54.6 Å². The van der Waals surface area contributed by atoms with Crippen molar-refractivity contribution in [1.82, 2.24) is 15.1 Å². The van der Waals surface area contributed by atoms with Crippen LogP contribution in [0, 0.1) is 6.92 Å². The van der Waals surface area contributed by atoms with E-state index in [1.807, 2.05) is 37.3 Å². The highest BCUT2D eigenvalue weighted by molar-refractivity contribution is 7.20. The number of benzene rings is 2. The van der Waals surface area contributed by atoms with Crippen molar-refractivity contribution >= 4 is 50.7 Å². The Kier molecular flexibility index (Phi) is 7.10. The van der Waals surface area contributed by atoms with E-state index in [4.69, 9.17) is 11.6 Å². The van der Waals surface area contributed by atoms with Crippen molar-refractivity contribution in [3.8, 4) is 5.69 Å². The van der Waals surface area contributed by atoms with Crippen LogP contribution in [0.25, 0.3) is 15.9 Å². The topological polar surface area (TPSA) is 67.2 Å². The molecule has 4 rings (SSSR count). The third kappa shape index (κ3) is 5.24. The fourth-order valence-electron chi connectivity index (χ4n) is 3.72. The van der Waals surface area contributed by atoms with Crippen LogP contribution >= 0.6 is 22.9 Å². The lowest BCUT2D eigenvalue weighted by Gasteiger charge is -2.24. The van der Waals surface area contributed by atoms with E-state index in [-0.39, 0.29) is 16.6 Å². The van der Waals surface area contributed by atoms with E-state index in [1.54, 1.807) is 24.6 Å². The average molecular weight is 535 g/mol. The lowest BCUT2D eigenvalue weighted by atomic mass is 10.1. The largest absolute Gasteiger partial charge is 0.417 e. The summed E-state index contributed by atoms with van der Waals surface area (Å²) >= 11 is 6.93. The summed E-state index contributed by atoms with van der Waals surface area (Å²) < 4.78 is 42.3. The maximum atomic E-state index is 13.7. The molecule has 0 saturated heterocycles. The number of fused-ring (bicyclic) bond motifs is 1. The highest BCUT2D eigenvalue weighted by atomic mass is 35.5. The Labute approximate surface area is 214 Å². The molecule has 0 bridgehead atoms. The minimum atomic E-state index is -4.73. The van der Waals surface area contributed by atoms with Crippen LogP contribution in [0.3, 0.4) is 0 Å². The van der Waals surface area contributed by atoms with Gasteiger partial charge in [-0.15, -0.1) is 11.3 Å². The zero-order valence-electron chi connectivity index (χ0n) is 19.6. The summed E-state index contributed by atoms with van der Waals surface area (Å²) in [6.45, 7) is 4.84. The summed E-state index contributed by atoms with van der Waals surface area (Å²) in [5.41, 5.74) is 0.321. The SMILES string of the molecule is Cc1nn(-c2ccccc2)c2sc(C(=O)N(CC(=O)NC(C)C)c3ccc(Cl)c(C(F)(F)F)c3)cc12. The van der Waals surface area contributed by atoms with Gasteiger partial charge in [-0.2, -0.15) is 18.3 Å². The smallest absolute Gasteiger partial charge is 0.352 e. The van der Waals surface area contributed by atoms with Crippen LogP contribution in [-0.2, 0) is 11.0 Å². The van der Waals surface area contributed by atoms with Crippen LogP contribution in [0.1, 0.15) is 34.8 Å². The third-order valence-corrected chi connectivity index (χ3v) is 6.75. The average Bonchev–Trinajstić information content (AvgIpc) is 3.37. The number of hydrogen-bond donors (Lipinski definition) is 1. The van der Waals surface area contributed by atoms with Gasteiger partial charge in [0, 0.05) is 17.1 Å². The number of amides is 2. The fraction of sp³-hybridized carbons (Fsp3) is 0.240. The molecule has 0 saturated carbocycles. The predicted octanol–water partition coefficient (Wildman–Crippen LogP) is 6.24. The molecule has 0 aliphatic rings. The van der Waals surface area contributed by atoms with Crippen molar-refractivity contribution in [3.05, 3.63) is 75.8 Å². The molecular formula is C25H22ClF3N4O2S. The van der Waals surface area contributed by atoms with Crippen LogP contribution in [0.5, 0.6) is 0 Å². The number of aromatic nitrogens is 2. The van der Waals surface area contributed by atoms with Crippen molar-refractivity contribution in [1.29, 1.82) is 0 Å². The second-order valence-corrected chi connectivity index (χ2v) is 9.88. The molecule has 0 aliphatic heterocycles. The molecule has 0 aliphatic carbocycles. The van der Waals surface area contributed by atoms with Crippen LogP contribution in [0.2, 0.25) is 5.02 Å². The van der Waals surface area contributed by atoms with Crippen LogP contribution in [0.4, 0.5) is 18.9 Å². The minimum absolute atomic E-state index is 0.0884. The predicted molar refractivity (Wildman–Crippen MR) is 135 cm³/mol. The first-order valence-corrected chi connectivity index (χ1v) is 12.2. The Morgan fingerprint density at radius 3 is 2.47 bits per heavy atom. The van der Waals surface area contributed by atoms with Crippen molar-refractivity contribution in [2.24, 2.45) is 0 Å². The highest BCUT2D eigenvalue weighted by Crippen LogP contribution is 2.38. The second kappa shape index (κ2) is 9.94. The zero-order valence-corrected chi connectivity index (χ0v) is 21.1. The van der Waals surface area contributed by atoms with Gasteiger partial charge in [0.25, 0.3) is 5.91 Å². The first-order valence-electron chi connectivity index (χ1n) is 11.0. The molecule has 4 aromatic rings. The third-order valence-electron chi connectivity index (χ3n) is 5.32. The molecule has 188 valence electrons. The number of carbonyl (C=O) groups excluding carboxylic acids is 2. The van der Waals surface area contributed by atoms with Gasteiger partial charge in [-0.1, -0.05) is 29.8 Å². The Morgan fingerprint density at radius 2 is 1.83 bits per heavy atom. The van der Waals surface area contributed by atoms with E-state index in [0.29, 0.717) is 10.5 Å². The first-order chi connectivity index (χ1) is 17.0. The van der Waals surface area contributed by atoms with E-state index in [2.05, 4.69) is 10.4 Å². The Bertz CT molecular complexity index is 1430. The lowest BCUT2D eigenvalue weighted by Crippen LogP contribution is -2.42. The van der Waals surface area contributed by atoms with Crippen molar-refractivity contribution in [3.63, 3.8) is 0 Å². The molecule has 2 aromatic carbocycles. The molecule has 1 N–H and O–H groups in total. The first kappa shape index (κ1) is 25.7. The molecule has 0 atom stereocenters. The molecule has 6 nitrogen and oxygen atoms in total. The molecule has 0 radical (unpaired) electrons. The summed E-state index contributed by atoms with van der Waals surface area (Å²) in [7, 11) is 0. The Balaban J connectivity index is 1.78. The molecule has 11 heteroatoms. The van der Waals surface area contributed by atoms with Crippen molar-refractivity contribution in [2.75, 3.05) is 11.4 Å². The Morgan fingerprint density at radius 1 is 1.14 bits per heavy atom. The number of anilines is 1. The number of alkyl halides is 3. The van der Waals surface area contributed by atoms with Gasteiger partial charge in [0.1, 0.15) is 11.4 Å². The van der Waals surface area contributed by atoms with Gasteiger partial charge in [0.2, 0.25) is 5.91 Å². The summed E-state index contributed by atoms with van der Waals surface area (Å²) in [4.78, 5) is 28.2. The van der Waals surface area contributed by atoms with E-state index in [1.165, 1.54) is 6.07 Å². The van der Waals surface area contributed by atoms with Crippen LogP contribution in [-0.4, -0.2) is 34.2 Å². The second-order valence-electron chi connectivity index (χ2n) is 8.44. The molecule has 2 heterocycles. The van der Waals surface area contributed by atoms with Gasteiger partial charge in [0.05, 0.1) is 26.8 Å². The minimum Gasteiger partial charge on any atom is -0.352 e. The zero-order chi connectivity index (χ0) is 26.2. The van der Waals surface area contributed by atoms with Gasteiger partial charge in [-0.05, 0) is 57.2 Å². The van der Waals surface area contributed by atoms with E-state index in [9.17, 15) is 22.8 Å². The number of para-hydroxylation sites is 1. The number of carbonyl (C=O) groups is 2. The highest BCUT2D eigenvalue weighted by Gasteiger charge is 2.35. The maximum Gasteiger partial charge on any atom is 0.417 e. The van der Waals surface area contributed by atoms with Gasteiger partial charge >= 0.3 is 6.18 Å². The number of nitrogens with one attached hydrogen (secondary N) is 1. The van der Waals surface area contributed by atoms with Gasteiger partial charge in [-0.25, -0.2) is 4.68 Å². The summed E-state index contributed by atoms with van der Waals surface area (Å²) in [6, 6.07) is 14.0. The number of halogens is 4. The molecule has 0 fully saturated rings. The molecule has 2 amide bonds. The molecule has 36 heavy (non-hydrogen) atoms. The summed E-state index contributed by atoms with van der Waals surface area (Å²) in [5.74, 6) is -1.11. The van der Waals surface area contributed by atoms with Gasteiger partial charge in [0.15, 0.2) is 0 Å². The van der Waals surface area contributed by atoms with E-state index < -0.39 is 35.1 Å². The monoisotopic (exact) mass is 534 g/mol. The van der Waals surface area contributed by atoms with Crippen molar-refractivity contribution in [2.45, 2.75) is 33.0 Å². The quantitative estimate of drug-likeness (QED) is 0.318. The van der Waals surface area contributed by atoms with Gasteiger partial charge < -0.3 is 5.32 Å². The van der Waals surface area contributed by atoms with Crippen LogP contribution < -0.4 is 10.2 Å². The molecule has 0 spiro atoms. The maximum absolute atomic E-state index is 13.7. The number of hydrogen-bond acceptors (Lipinski definition) is 4. The number of rotatable bonds is 6. The lowest BCUT2D eigenvalue weighted by molar-refractivity contribution is -0.137. The number of nitrogens with zero attached hydrogens (tertiary/aromatic N) is 3. The summed E-state index contributed by atoms with van der Waals surface area (Å²) in [6.07, 6.45) is -4.73. The standard InChI is InChI=1S/C25H22ClF3N4O2S/c1-14(2)30-22(34)13-32(17-9-10-20(26)19(11-17)25(27,28)29)23(35)21-12-18-15(3)31-33(24(18)36-21)16-7-5-4-6-8-16/h4-12,14H,13H2,1-3H3,(H,30,34). The molecule has 2 aromatic heterocycles. The molecule has 0 unspecified atom stereocenters. The summed E-state index contributed by atoms with van der Waals surface area (Å²) in [5, 5.41) is 7.47.